The summed E-state index contributed by atoms with van der Waals surface area (Å²) < 4.78 is 0. The highest BCUT2D eigenvalue weighted by atomic mass is 32.1. The van der Waals surface area contributed by atoms with Crippen molar-refractivity contribution in [2.24, 2.45) is 0 Å². The molecule has 0 spiro atoms. The average molecular weight is 399 g/mol. The number of carbonyl (C=O) groups excluding carboxylic acids is 1. The average Bonchev–Trinajstić information content (AvgIpc) is 3.30. The van der Waals surface area contributed by atoms with Crippen LogP contribution < -0.4 is 10.6 Å². The van der Waals surface area contributed by atoms with Gasteiger partial charge in [0.25, 0.3) is 5.91 Å². The Morgan fingerprint density at radius 1 is 1.22 bits per heavy atom. The van der Waals surface area contributed by atoms with Crippen LogP contribution in [-0.4, -0.2) is 29.0 Å². The van der Waals surface area contributed by atoms with Gasteiger partial charge in [-0.05, 0) is 44.3 Å². The summed E-state index contributed by atoms with van der Waals surface area (Å²) in [5.41, 5.74) is 1.98. The molecule has 1 aliphatic heterocycles. The van der Waals surface area contributed by atoms with Gasteiger partial charge in [-0.3, -0.25) is 10.1 Å². The lowest BCUT2D eigenvalue weighted by molar-refractivity contribution is 0.103. The first-order valence-electron chi connectivity index (χ1n) is 9.17. The smallest absolute Gasteiger partial charge is 0.269 e. The van der Waals surface area contributed by atoms with E-state index in [1.54, 1.807) is 11.3 Å². The topological polar surface area (TPSA) is 66.9 Å². The molecule has 3 heterocycles. The zero-order valence-corrected chi connectivity index (χ0v) is 16.8. The Labute approximate surface area is 166 Å². The summed E-state index contributed by atoms with van der Waals surface area (Å²) in [7, 11) is 0. The molecule has 0 saturated carbocycles. The molecule has 1 fully saturated rings. The summed E-state index contributed by atoms with van der Waals surface area (Å²) in [4.78, 5) is 23.6. The van der Waals surface area contributed by atoms with E-state index < -0.39 is 0 Å². The zero-order valence-electron chi connectivity index (χ0n) is 15.2. The molecule has 140 valence electrons. The number of piperidine rings is 1. The number of thiazole rings is 2. The highest BCUT2D eigenvalue weighted by molar-refractivity contribution is 7.16. The number of hydrogen-bond donors (Lipinski definition) is 2. The third kappa shape index (κ3) is 4.43. The fourth-order valence-electron chi connectivity index (χ4n) is 3.30. The molecule has 27 heavy (non-hydrogen) atoms. The molecular formula is C20H22N4OS2. The van der Waals surface area contributed by atoms with Crippen molar-refractivity contribution in [3.63, 3.8) is 0 Å². The van der Waals surface area contributed by atoms with Crippen LogP contribution in [0.15, 0.2) is 36.5 Å². The highest BCUT2D eigenvalue weighted by Gasteiger charge is 2.20. The Morgan fingerprint density at radius 3 is 2.78 bits per heavy atom. The second-order valence-electron chi connectivity index (χ2n) is 6.73. The van der Waals surface area contributed by atoms with E-state index in [0.717, 1.165) is 43.1 Å². The van der Waals surface area contributed by atoms with Crippen LogP contribution in [0.25, 0.3) is 0 Å². The standard InChI is InChI=1S/C20H22N4OS2/c1-13-18(27-17(23-13)11-14-5-3-2-4-6-14)19(25)24-20-22-12-16(26-20)15-7-9-21-10-8-15/h2-6,12,15,21H,7-11H2,1H3,(H,22,24,25). The first-order valence-corrected chi connectivity index (χ1v) is 10.8. The van der Waals surface area contributed by atoms with Gasteiger partial charge in [0.05, 0.1) is 10.7 Å². The molecule has 3 aromatic rings. The maximum absolute atomic E-state index is 12.7. The largest absolute Gasteiger partial charge is 0.317 e. The number of anilines is 1. The summed E-state index contributed by atoms with van der Waals surface area (Å²) in [5.74, 6) is 0.438. The van der Waals surface area contributed by atoms with Gasteiger partial charge in [-0.25, -0.2) is 9.97 Å². The molecule has 0 unspecified atom stereocenters. The van der Waals surface area contributed by atoms with Crippen molar-refractivity contribution < 1.29 is 4.79 Å². The SMILES string of the molecule is Cc1nc(Cc2ccccc2)sc1C(=O)Nc1ncc(C2CCNCC2)s1. The lowest BCUT2D eigenvalue weighted by Crippen LogP contribution is -2.26. The van der Waals surface area contributed by atoms with Gasteiger partial charge in [-0.2, -0.15) is 0 Å². The third-order valence-electron chi connectivity index (χ3n) is 4.73. The predicted molar refractivity (Wildman–Crippen MR) is 111 cm³/mol. The molecule has 1 saturated heterocycles. The Bertz CT molecular complexity index is 913. The van der Waals surface area contributed by atoms with Crippen LogP contribution >= 0.6 is 22.7 Å². The van der Waals surface area contributed by atoms with Crippen molar-refractivity contribution >= 4 is 33.7 Å². The van der Waals surface area contributed by atoms with Gasteiger partial charge >= 0.3 is 0 Å². The van der Waals surface area contributed by atoms with Gasteiger partial charge in [-0.1, -0.05) is 30.3 Å². The van der Waals surface area contributed by atoms with Crippen LogP contribution in [0.5, 0.6) is 0 Å². The molecule has 5 nitrogen and oxygen atoms in total. The summed E-state index contributed by atoms with van der Waals surface area (Å²) >= 11 is 3.05. The Kier molecular flexibility index (Phi) is 5.61. The van der Waals surface area contributed by atoms with Crippen molar-refractivity contribution in [2.75, 3.05) is 18.4 Å². The molecule has 0 aliphatic carbocycles. The molecule has 2 N–H and O–H groups in total. The highest BCUT2D eigenvalue weighted by Crippen LogP contribution is 2.32. The second kappa shape index (κ2) is 8.29. The minimum atomic E-state index is -0.115. The van der Waals surface area contributed by atoms with Crippen molar-refractivity contribution in [3.8, 4) is 0 Å². The molecule has 7 heteroatoms. The van der Waals surface area contributed by atoms with Crippen LogP contribution in [0.4, 0.5) is 5.13 Å². The number of aromatic nitrogens is 2. The number of carbonyl (C=O) groups is 1. The molecule has 2 aromatic heterocycles. The fraction of sp³-hybridized carbons (Fsp3) is 0.350. The summed E-state index contributed by atoms with van der Waals surface area (Å²) in [6.45, 7) is 3.99. The lowest BCUT2D eigenvalue weighted by atomic mass is 9.97. The lowest BCUT2D eigenvalue weighted by Gasteiger charge is -2.20. The summed E-state index contributed by atoms with van der Waals surface area (Å²) in [5, 5.41) is 7.97. The predicted octanol–water partition coefficient (Wildman–Crippen LogP) is 4.22. The number of aryl methyl sites for hydroxylation is 1. The van der Waals surface area contributed by atoms with E-state index in [-0.39, 0.29) is 5.91 Å². The molecular weight excluding hydrogens is 376 g/mol. The van der Waals surface area contributed by atoms with Gasteiger partial charge in [0.15, 0.2) is 5.13 Å². The molecule has 1 amide bonds. The quantitative estimate of drug-likeness (QED) is 0.675. The Balaban J connectivity index is 1.43. The van der Waals surface area contributed by atoms with Gasteiger partial charge in [0, 0.05) is 17.5 Å². The minimum absolute atomic E-state index is 0.115. The maximum atomic E-state index is 12.7. The van der Waals surface area contributed by atoms with Crippen molar-refractivity contribution in [2.45, 2.75) is 32.1 Å². The zero-order chi connectivity index (χ0) is 18.6. The molecule has 1 aliphatic rings. The molecule has 1 aromatic carbocycles. The molecule has 4 rings (SSSR count). The van der Waals surface area contributed by atoms with E-state index in [1.807, 2.05) is 31.3 Å². The van der Waals surface area contributed by atoms with Crippen molar-refractivity contribution in [1.29, 1.82) is 0 Å². The van der Waals surface area contributed by atoms with Gasteiger partial charge in [0.1, 0.15) is 4.88 Å². The van der Waals surface area contributed by atoms with E-state index in [0.29, 0.717) is 15.9 Å². The molecule has 0 radical (unpaired) electrons. The van der Waals surface area contributed by atoms with E-state index in [1.165, 1.54) is 21.8 Å². The number of benzene rings is 1. The minimum Gasteiger partial charge on any atom is -0.317 e. The number of amides is 1. The van der Waals surface area contributed by atoms with E-state index in [4.69, 9.17) is 0 Å². The van der Waals surface area contributed by atoms with Crippen LogP contribution in [0.3, 0.4) is 0 Å². The molecule has 0 bridgehead atoms. The Hall–Kier alpha value is -2.09. The first kappa shape index (κ1) is 18.3. The van der Waals surface area contributed by atoms with E-state index in [2.05, 4.69) is 32.7 Å². The van der Waals surface area contributed by atoms with E-state index >= 15 is 0 Å². The summed E-state index contributed by atoms with van der Waals surface area (Å²) in [6.07, 6.45) is 4.92. The first-order chi connectivity index (χ1) is 13.2. The van der Waals surface area contributed by atoms with Gasteiger partial charge in [0.2, 0.25) is 0 Å². The van der Waals surface area contributed by atoms with Crippen LogP contribution in [-0.2, 0) is 6.42 Å². The summed E-state index contributed by atoms with van der Waals surface area (Å²) in [6, 6.07) is 10.2. The number of hydrogen-bond acceptors (Lipinski definition) is 6. The maximum Gasteiger partial charge on any atom is 0.269 e. The van der Waals surface area contributed by atoms with Crippen LogP contribution in [0.1, 0.15) is 49.6 Å². The van der Waals surface area contributed by atoms with Crippen LogP contribution in [0, 0.1) is 6.92 Å². The monoisotopic (exact) mass is 398 g/mol. The number of nitrogens with zero attached hydrogens (tertiary/aromatic N) is 2. The second-order valence-corrected chi connectivity index (χ2v) is 8.88. The van der Waals surface area contributed by atoms with Crippen molar-refractivity contribution in [1.82, 2.24) is 15.3 Å². The normalized spacial score (nSPS) is 15.0. The van der Waals surface area contributed by atoms with Gasteiger partial charge in [-0.15, -0.1) is 22.7 Å². The fourth-order valence-corrected chi connectivity index (χ4v) is 5.28. The number of nitrogens with one attached hydrogen (secondary N) is 2. The van der Waals surface area contributed by atoms with E-state index in [9.17, 15) is 4.79 Å². The van der Waals surface area contributed by atoms with Crippen LogP contribution in [0.2, 0.25) is 0 Å². The Morgan fingerprint density at radius 2 is 2.00 bits per heavy atom. The van der Waals surface area contributed by atoms with Crippen molar-refractivity contribution in [3.05, 3.63) is 62.5 Å². The molecule has 0 atom stereocenters. The number of rotatable bonds is 5. The van der Waals surface area contributed by atoms with Gasteiger partial charge < -0.3 is 5.32 Å². The third-order valence-corrected chi connectivity index (χ3v) is 6.96.